The molecule has 0 aromatic heterocycles. The van der Waals surface area contributed by atoms with Gasteiger partial charge in [-0.2, -0.15) is 0 Å². The SMILES string of the molecule is C#Cc1cccc(NC(=O)CC2(N)CCCC2)c1. The van der Waals surface area contributed by atoms with Gasteiger partial charge in [-0.15, -0.1) is 6.42 Å². The number of rotatable bonds is 3. The molecule has 1 aromatic rings. The van der Waals surface area contributed by atoms with E-state index in [1.807, 2.05) is 18.2 Å². The average Bonchev–Trinajstić information content (AvgIpc) is 2.75. The maximum absolute atomic E-state index is 11.9. The Morgan fingerprint density at radius 1 is 1.44 bits per heavy atom. The van der Waals surface area contributed by atoms with Gasteiger partial charge in [-0.1, -0.05) is 24.8 Å². The fourth-order valence-corrected chi connectivity index (χ4v) is 2.47. The predicted molar refractivity (Wildman–Crippen MR) is 73.0 cm³/mol. The number of hydrogen-bond donors (Lipinski definition) is 2. The van der Waals surface area contributed by atoms with Crippen molar-refractivity contribution >= 4 is 11.6 Å². The molecule has 0 aliphatic heterocycles. The summed E-state index contributed by atoms with van der Waals surface area (Å²) < 4.78 is 0. The molecule has 1 aliphatic carbocycles. The van der Waals surface area contributed by atoms with Gasteiger partial charge in [-0.25, -0.2) is 0 Å². The molecule has 3 nitrogen and oxygen atoms in total. The number of terminal acetylenes is 1. The third-order valence-corrected chi connectivity index (χ3v) is 3.42. The van der Waals surface area contributed by atoms with Crippen molar-refractivity contribution in [2.75, 3.05) is 5.32 Å². The van der Waals surface area contributed by atoms with Gasteiger partial charge >= 0.3 is 0 Å². The fraction of sp³-hybridized carbons (Fsp3) is 0.400. The van der Waals surface area contributed by atoms with Crippen LogP contribution in [0.15, 0.2) is 24.3 Å². The average molecular weight is 242 g/mol. The lowest BCUT2D eigenvalue weighted by molar-refractivity contribution is -0.117. The van der Waals surface area contributed by atoms with Crippen molar-refractivity contribution in [3.8, 4) is 12.3 Å². The largest absolute Gasteiger partial charge is 0.326 e. The van der Waals surface area contributed by atoms with Crippen LogP contribution < -0.4 is 11.1 Å². The van der Waals surface area contributed by atoms with Gasteiger partial charge in [0.2, 0.25) is 5.91 Å². The van der Waals surface area contributed by atoms with Gasteiger partial charge in [0.15, 0.2) is 0 Å². The summed E-state index contributed by atoms with van der Waals surface area (Å²) in [4.78, 5) is 11.9. The Balaban J connectivity index is 1.96. The van der Waals surface area contributed by atoms with Crippen LogP contribution in [0, 0.1) is 12.3 Å². The van der Waals surface area contributed by atoms with Crippen molar-refractivity contribution < 1.29 is 4.79 Å². The van der Waals surface area contributed by atoms with Gasteiger partial charge in [0.1, 0.15) is 0 Å². The first kappa shape index (κ1) is 12.7. The van der Waals surface area contributed by atoms with E-state index < -0.39 is 0 Å². The maximum atomic E-state index is 11.9. The van der Waals surface area contributed by atoms with Crippen LogP contribution in [0.1, 0.15) is 37.7 Å². The van der Waals surface area contributed by atoms with E-state index in [1.54, 1.807) is 6.07 Å². The van der Waals surface area contributed by atoms with Crippen LogP contribution in [-0.2, 0) is 4.79 Å². The van der Waals surface area contributed by atoms with Crippen LogP contribution in [0.5, 0.6) is 0 Å². The molecular weight excluding hydrogens is 224 g/mol. The molecule has 0 bridgehead atoms. The number of benzene rings is 1. The molecule has 0 radical (unpaired) electrons. The normalized spacial score (nSPS) is 17.1. The van der Waals surface area contributed by atoms with Crippen LogP contribution in [0.25, 0.3) is 0 Å². The molecule has 18 heavy (non-hydrogen) atoms. The van der Waals surface area contributed by atoms with E-state index >= 15 is 0 Å². The molecule has 3 N–H and O–H groups in total. The lowest BCUT2D eigenvalue weighted by Crippen LogP contribution is -2.40. The predicted octanol–water partition coefficient (Wildman–Crippen LogP) is 2.27. The lowest BCUT2D eigenvalue weighted by Gasteiger charge is -2.22. The van der Waals surface area contributed by atoms with Crippen LogP contribution in [0.2, 0.25) is 0 Å². The minimum Gasteiger partial charge on any atom is -0.326 e. The van der Waals surface area contributed by atoms with E-state index in [-0.39, 0.29) is 11.4 Å². The third-order valence-electron chi connectivity index (χ3n) is 3.42. The van der Waals surface area contributed by atoms with Crippen LogP contribution in [0.4, 0.5) is 5.69 Å². The van der Waals surface area contributed by atoms with Crippen molar-refractivity contribution in [1.82, 2.24) is 0 Å². The Kier molecular flexibility index (Phi) is 3.69. The molecule has 0 atom stereocenters. The number of hydrogen-bond acceptors (Lipinski definition) is 2. The second kappa shape index (κ2) is 5.24. The Bertz CT molecular complexity index is 482. The van der Waals surface area contributed by atoms with E-state index in [9.17, 15) is 4.79 Å². The number of anilines is 1. The second-order valence-corrected chi connectivity index (χ2v) is 5.02. The summed E-state index contributed by atoms with van der Waals surface area (Å²) in [5, 5.41) is 2.85. The maximum Gasteiger partial charge on any atom is 0.226 e. The molecule has 0 spiro atoms. The lowest BCUT2D eigenvalue weighted by atomic mass is 9.94. The quantitative estimate of drug-likeness (QED) is 0.799. The smallest absolute Gasteiger partial charge is 0.226 e. The molecule has 1 amide bonds. The highest BCUT2D eigenvalue weighted by molar-refractivity contribution is 5.91. The van der Waals surface area contributed by atoms with Gasteiger partial charge in [-0.05, 0) is 31.0 Å². The Morgan fingerprint density at radius 2 is 2.17 bits per heavy atom. The topological polar surface area (TPSA) is 55.1 Å². The van der Waals surface area contributed by atoms with E-state index in [0.29, 0.717) is 6.42 Å². The van der Waals surface area contributed by atoms with Crippen molar-refractivity contribution in [3.63, 3.8) is 0 Å². The van der Waals surface area contributed by atoms with E-state index in [4.69, 9.17) is 12.2 Å². The van der Waals surface area contributed by atoms with Gasteiger partial charge in [0.25, 0.3) is 0 Å². The molecule has 0 saturated heterocycles. The zero-order valence-corrected chi connectivity index (χ0v) is 10.4. The highest BCUT2D eigenvalue weighted by Gasteiger charge is 2.31. The summed E-state index contributed by atoms with van der Waals surface area (Å²) in [6.45, 7) is 0. The van der Waals surface area contributed by atoms with E-state index in [1.165, 1.54) is 0 Å². The summed E-state index contributed by atoms with van der Waals surface area (Å²) >= 11 is 0. The van der Waals surface area contributed by atoms with Crippen LogP contribution in [-0.4, -0.2) is 11.4 Å². The zero-order chi connectivity index (χ0) is 13.0. The van der Waals surface area contributed by atoms with E-state index in [2.05, 4.69) is 11.2 Å². The van der Waals surface area contributed by atoms with Crippen molar-refractivity contribution in [3.05, 3.63) is 29.8 Å². The molecule has 1 aliphatic rings. The summed E-state index contributed by atoms with van der Waals surface area (Å²) in [7, 11) is 0. The van der Waals surface area contributed by atoms with Crippen LogP contribution in [0.3, 0.4) is 0 Å². The minimum absolute atomic E-state index is 0.0337. The summed E-state index contributed by atoms with van der Waals surface area (Å²) in [5.74, 6) is 2.51. The van der Waals surface area contributed by atoms with Crippen LogP contribution >= 0.6 is 0 Å². The fourth-order valence-electron chi connectivity index (χ4n) is 2.47. The number of nitrogens with two attached hydrogens (primary N) is 1. The molecule has 1 aromatic carbocycles. The molecule has 3 heteroatoms. The molecule has 0 heterocycles. The summed E-state index contributed by atoms with van der Waals surface area (Å²) in [5.41, 5.74) is 7.36. The number of carbonyl (C=O) groups is 1. The van der Waals surface area contributed by atoms with Gasteiger partial charge < -0.3 is 11.1 Å². The van der Waals surface area contributed by atoms with E-state index in [0.717, 1.165) is 36.9 Å². The highest BCUT2D eigenvalue weighted by atomic mass is 16.1. The summed E-state index contributed by atoms with van der Waals surface area (Å²) in [6, 6.07) is 7.28. The first-order chi connectivity index (χ1) is 8.61. The minimum atomic E-state index is -0.312. The first-order valence-corrected chi connectivity index (χ1v) is 6.27. The number of nitrogens with one attached hydrogen (secondary N) is 1. The van der Waals surface area contributed by atoms with Crippen molar-refractivity contribution in [1.29, 1.82) is 0 Å². The highest BCUT2D eigenvalue weighted by Crippen LogP contribution is 2.30. The molecule has 1 saturated carbocycles. The number of amides is 1. The molecule has 2 rings (SSSR count). The molecule has 0 unspecified atom stereocenters. The molecule has 94 valence electrons. The molecular formula is C15H18N2O. The standard InChI is InChI=1S/C15H18N2O/c1-2-12-6-5-7-13(10-12)17-14(18)11-15(16)8-3-4-9-15/h1,5-7,10H,3-4,8-9,11,16H2,(H,17,18). The molecule has 1 fully saturated rings. The Hall–Kier alpha value is -1.79. The zero-order valence-electron chi connectivity index (χ0n) is 10.4. The van der Waals surface area contributed by atoms with Crippen molar-refractivity contribution in [2.24, 2.45) is 5.73 Å². The second-order valence-electron chi connectivity index (χ2n) is 5.02. The monoisotopic (exact) mass is 242 g/mol. The first-order valence-electron chi connectivity index (χ1n) is 6.27. The van der Waals surface area contributed by atoms with Gasteiger partial charge in [-0.3, -0.25) is 4.79 Å². The van der Waals surface area contributed by atoms with Gasteiger partial charge in [0, 0.05) is 23.2 Å². The third kappa shape index (κ3) is 3.12. The summed E-state index contributed by atoms with van der Waals surface area (Å²) in [6.07, 6.45) is 9.82. The Morgan fingerprint density at radius 3 is 2.83 bits per heavy atom. The number of carbonyl (C=O) groups excluding carboxylic acids is 1. The Labute approximate surface area is 108 Å². The van der Waals surface area contributed by atoms with Gasteiger partial charge in [0.05, 0.1) is 0 Å². The van der Waals surface area contributed by atoms with Crippen molar-refractivity contribution in [2.45, 2.75) is 37.6 Å².